The molecule has 2 rings (SSSR count). The van der Waals surface area contributed by atoms with Gasteiger partial charge >= 0.3 is 5.97 Å². The summed E-state index contributed by atoms with van der Waals surface area (Å²) in [6, 6.07) is 5.20. The van der Waals surface area contributed by atoms with Gasteiger partial charge in [-0.25, -0.2) is 9.78 Å². The number of carbonyl (C=O) groups excluding carboxylic acids is 1. The molecule has 7 heteroatoms. The van der Waals surface area contributed by atoms with E-state index < -0.39 is 11.9 Å². The summed E-state index contributed by atoms with van der Waals surface area (Å²) in [4.78, 5) is 25.7. The van der Waals surface area contributed by atoms with Gasteiger partial charge < -0.3 is 5.11 Å². The van der Waals surface area contributed by atoms with Crippen molar-refractivity contribution < 1.29 is 14.7 Å². The van der Waals surface area contributed by atoms with Crippen LogP contribution in [-0.4, -0.2) is 22.0 Å². The SMILES string of the molecule is O=C(O)C=CC(=O)Nc1nc2ccc(Cl)cc2s1. The number of nitrogens with one attached hydrogen (secondary N) is 1. The van der Waals surface area contributed by atoms with Crippen LogP contribution in [0.4, 0.5) is 5.13 Å². The molecule has 0 radical (unpaired) electrons. The molecule has 1 aromatic heterocycles. The molecule has 0 aliphatic rings. The van der Waals surface area contributed by atoms with Gasteiger partial charge in [0.05, 0.1) is 10.2 Å². The number of halogens is 1. The Bertz CT molecular complexity index is 651. The van der Waals surface area contributed by atoms with Crippen molar-refractivity contribution in [1.29, 1.82) is 0 Å². The Morgan fingerprint density at radius 3 is 2.89 bits per heavy atom. The lowest BCUT2D eigenvalue weighted by Crippen LogP contribution is -2.08. The molecule has 2 N–H and O–H groups in total. The van der Waals surface area contributed by atoms with E-state index in [1.165, 1.54) is 11.3 Å². The number of anilines is 1. The molecule has 92 valence electrons. The maximum atomic E-state index is 11.3. The van der Waals surface area contributed by atoms with Crippen LogP contribution in [0.25, 0.3) is 10.2 Å². The van der Waals surface area contributed by atoms with Crippen LogP contribution in [0.5, 0.6) is 0 Å². The van der Waals surface area contributed by atoms with Gasteiger partial charge in [0.2, 0.25) is 5.91 Å². The van der Waals surface area contributed by atoms with Crippen LogP contribution in [0.1, 0.15) is 0 Å². The van der Waals surface area contributed by atoms with Gasteiger partial charge in [-0.05, 0) is 18.2 Å². The fourth-order valence-corrected chi connectivity index (χ4v) is 2.39. The molecule has 0 aliphatic carbocycles. The Morgan fingerprint density at radius 1 is 1.39 bits per heavy atom. The zero-order chi connectivity index (χ0) is 13.1. The first-order valence-corrected chi connectivity index (χ1v) is 6.02. The molecule has 1 amide bonds. The van der Waals surface area contributed by atoms with Crippen LogP contribution in [-0.2, 0) is 9.59 Å². The van der Waals surface area contributed by atoms with Crippen molar-refractivity contribution in [3.8, 4) is 0 Å². The van der Waals surface area contributed by atoms with Crippen molar-refractivity contribution in [1.82, 2.24) is 4.98 Å². The number of aliphatic carboxylic acids is 1. The third-order valence-electron chi connectivity index (χ3n) is 1.96. The fourth-order valence-electron chi connectivity index (χ4n) is 1.25. The Hall–Kier alpha value is -1.92. The minimum Gasteiger partial charge on any atom is -0.478 e. The van der Waals surface area contributed by atoms with E-state index in [-0.39, 0.29) is 0 Å². The van der Waals surface area contributed by atoms with E-state index in [0.29, 0.717) is 10.2 Å². The summed E-state index contributed by atoms with van der Waals surface area (Å²) >= 11 is 7.10. The van der Waals surface area contributed by atoms with E-state index in [9.17, 15) is 9.59 Å². The summed E-state index contributed by atoms with van der Waals surface area (Å²) in [5.74, 6) is -1.72. The lowest BCUT2D eigenvalue weighted by molar-refractivity contribution is -0.131. The topological polar surface area (TPSA) is 79.3 Å². The summed E-state index contributed by atoms with van der Waals surface area (Å²) in [6.45, 7) is 0. The zero-order valence-corrected chi connectivity index (χ0v) is 10.5. The molecule has 0 fully saturated rings. The summed E-state index contributed by atoms with van der Waals surface area (Å²) in [5, 5.41) is 11.8. The van der Waals surface area contributed by atoms with E-state index in [1.807, 2.05) is 0 Å². The highest BCUT2D eigenvalue weighted by molar-refractivity contribution is 7.22. The highest BCUT2D eigenvalue weighted by Gasteiger charge is 2.06. The zero-order valence-electron chi connectivity index (χ0n) is 8.88. The fraction of sp³-hybridized carbons (Fsp3) is 0. The van der Waals surface area contributed by atoms with Gasteiger partial charge in [-0.3, -0.25) is 10.1 Å². The van der Waals surface area contributed by atoms with E-state index in [1.54, 1.807) is 18.2 Å². The minimum atomic E-state index is -1.18. The Kier molecular flexibility index (Phi) is 3.59. The number of benzene rings is 1. The minimum absolute atomic E-state index is 0.396. The number of carboxylic acid groups (broad SMARTS) is 1. The molecule has 0 aliphatic heterocycles. The molecule has 5 nitrogen and oxygen atoms in total. The first-order chi connectivity index (χ1) is 8.54. The number of aromatic nitrogens is 1. The van der Waals surface area contributed by atoms with Crippen LogP contribution in [0.15, 0.2) is 30.4 Å². The Balaban J connectivity index is 2.17. The number of carbonyl (C=O) groups is 2. The lowest BCUT2D eigenvalue weighted by atomic mass is 10.3. The van der Waals surface area contributed by atoms with Gasteiger partial charge in [0.25, 0.3) is 0 Å². The largest absolute Gasteiger partial charge is 0.478 e. The summed E-state index contributed by atoms with van der Waals surface area (Å²) < 4.78 is 0.847. The second-order valence-corrected chi connectivity index (χ2v) is 4.76. The van der Waals surface area contributed by atoms with E-state index in [2.05, 4.69) is 10.3 Å². The maximum absolute atomic E-state index is 11.3. The first kappa shape index (κ1) is 12.5. The molecular weight excluding hydrogens is 276 g/mol. The maximum Gasteiger partial charge on any atom is 0.328 e. The second-order valence-electron chi connectivity index (χ2n) is 3.29. The van der Waals surface area contributed by atoms with Crippen molar-refractivity contribution in [3.63, 3.8) is 0 Å². The number of carboxylic acids is 1. The number of hydrogen-bond donors (Lipinski definition) is 2. The summed E-state index contributed by atoms with van der Waals surface area (Å²) in [7, 11) is 0. The third kappa shape index (κ3) is 3.06. The van der Waals surface area contributed by atoms with E-state index >= 15 is 0 Å². The normalized spacial score (nSPS) is 10.9. The predicted molar refractivity (Wildman–Crippen MR) is 70.0 cm³/mol. The molecule has 18 heavy (non-hydrogen) atoms. The van der Waals surface area contributed by atoms with Gasteiger partial charge in [0.1, 0.15) is 0 Å². The van der Waals surface area contributed by atoms with Gasteiger partial charge in [-0.15, -0.1) is 0 Å². The van der Waals surface area contributed by atoms with Crippen LogP contribution in [0.3, 0.4) is 0 Å². The van der Waals surface area contributed by atoms with Crippen LogP contribution >= 0.6 is 22.9 Å². The van der Waals surface area contributed by atoms with Gasteiger partial charge in [-0.1, -0.05) is 22.9 Å². The average Bonchev–Trinajstić information content (AvgIpc) is 2.67. The number of nitrogens with zero attached hydrogens (tertiary/aromatic N) is 1. The molecule has 1 heterocycles. The molecular formula is C11H7ClN2O3S. The highest BCUT2D eigenvalue weighted by atomic mass is 35.5. The Morgan fingerprint density at radius 2 is 2.17 bits per heavy atom. The van der Waals surface area contributed by atoms with Crippen LogP contribution in [0, 0.1) is 0 Å². The lowest BCUT2D eigenvalue weighted by Gasteiger charge is -1.93. The van der Waals surface area contributed by atoms with Crippen molar-refractivity contribution >= 4 is 50.2 Å². The molecule has 2 aromatic rings. The molecule has 0 saturated heterocycles. The third-order valence-corrected chi connectivity index (χ3v) is 3.13. The number of fused-ring (bicyclic) bond motifs is 1. The van der Waals surface area contributed by atoms with Gasteiger partial charge in [0.15, 0.2) is 5.13 Å². The summed E-state index contributed by atoms with van der Waals surface area (Å²) in [6.07, 6.45) is 1.70. The number of amides is 1. The number of thiazole rings is 1. The molecule has 0 saturated carbocycles. The van der Waals surface area contributed by atoms with Crippen LogP contribution < -0.4 is 5.32 Å². The van der Waals surface area contributed by atoms with Crippen molar-refractivity contribution in [2.45, 2.75) is 0 Å². The van der Waals surface area contributed by atoms with Gasteiger partial charge in [-0.2, -0.15) is 0 Å². The molecule has 0 unspecified atom stereocenters. The number of hydrogen-bond acceptors (Lipinski definition) is 4. The molecule has 0 bridgehead atoms. The second kappa shape index (κ2) is 5.16. The molecule has 1 aromatic carbocycles. The number of rotatable bonds is 3. The Labute approximate surface area is 111 Å². The monoisotopic (exact) mass is 282 g/mol. The van der Waals surface area contributed by atoms with E-state index in [0.717, 1.165) is 22.4 Å². The van der Waals surface area contributed by atoms with E-state index in [4.69, 9.17) is 16.7 Å². The smallest absolute Gasteiger partial charge is 0.328 e. The molecule has 0 atom stereocenters. The van der Waals surface area contributed by atoms with Crippen molar-refractivity contribution in [2.24, 2.45) is 0 Å². The van der Waals surface area contributed by atoms with Crippen molar-refractivity contribution in [3.05, 3.63) is 35.4 Å². The quantitative estimate of drug-likeness (QED) is 0.848. The van der Waals surface area contributed by atoms with Crippen LogP contribution in [0.2, 0.25) is 5.02 Å². The van der Waals surface area contributed by atoms with Crippen molar-refractivity contribution in [2.75, 3.05) is 5.32 Å². The summed E-state index contributed by atoms with van der Waals surface area (Å²) in [5.41, 5.74) is 0.724. The predicted octanol–water partition coefficient (Wildman–Crippen LogP) is 2.53. The first-order valence-electron chi connectivity index (χ1n) is 4.83. The van der Waals surface area contributed by atoms with Gasteiger partial charge in [0, 0.05) is 17.2 Å². The highest BCUT2D eigenvalue weighted by Crippen LogP contribution is 2.28. The average molecular weight is 283 g/mol. The molecule has 0 spiro atoms. The standard InChI is InChI=1S/C11H7ClN2O3S/c12-6-1-2-7-8(5-6)18-11(13-7)14-9(15)3-4-10(16)17/h1-5H,(H,16,17)(H,13,14,15).